The summed E-state index contributed by atoms with van der Waals surface area (Å²) in [6.45, 7) is 4.48. The number of hydrogen-bond donors (Lipinski definition) is 0. The molecule has 1 fully saturated rings. The maximum Gasteiger partial charge on any atom is 0.224 e. The van der Waals surface area contributed by atoms with Crippen LogP contribution < -0.4 is 9.47 Å². The van der Waals surface area contributed by atoms with Gasteiger partial charge in [0.25, 0.3) is 0 Å². The summed E-state index contributed by atoms with van der Waals surface area (Å²) in [4.78, 5) is 18.7. The predicted octanol–water partition coefficient (Wildman–Crippen LogP) is 4.48. The number of piperidine rings is 1. The number of likely N-dealkylation sites (tertiary alicyclic amines) is 1. The molecule has 2 aliphatic heterocycles. The Kier molecular flexibility index (Phi) is 7.98. The van der Waals surface area contributed by atoms with Crippen LogP contribution in [-0.4, -0.2) is 61.9 Å². The Morgan fingerprint density at radius 2 is 1.75 bits per heavy atom. The van der Waals surface area contributed by atoms with E-state index in [0.717, 1.165) is 54.9 Å². The van der Waals surface area contributed by atoms with Crippen LogP contribution in [0.1, 0.15) is 30.4 Å². The van der Waals surface area contributed by atoms with Gasteiger partial charge in [-0.2, -0.15) is 0 Å². The van der Waals surface area contributed by atoms with Crippen molar-refractivity contribution in [2.75, 3.05) is 46.2 Å². The number of methoxy groups -OCH3 is 2. The highest BCUT2D eigenvalue weighted by Crippen LogP contribution is 2.37. The molecule has 0 bridgehead atoms. The molecule has 0 aromatic heterocycles. The molecule has 6 heteroatoms. The number of fused-ring (bicyclic) bond motifs is 1. The molecule has 2 aromatic rings. The van der Waals surface area contributed by atoms with Gasteiger partial charge in [-0.3, -0.25) is 4.79 Å². The number of thioether (sulfide) groups is 1. The van der Waals surface area contributed by atoms with Gasteiger partial charge in [0.2, 0.25) is 5.91 Å². The van der Waals surface area contributed by atoms with Crippen LogP contribution >= 0.6 is 11.8 Å². The molecule has 0 atom stereocenters. The van der Waals surface area contributed by atoms with Crippen LogP contribution in [0.25, 0.3) is 0 Å². The summed E-state index contributed by atoms with van der Waals surface area (Å²) < 4.78 is 10.9. The van der Waals surface area contributed by atoms with Crippen LogP contribution in [0, 0.1) is 5.92 Å². The van der Waals surface area contributed by atoms with E-state index in [1.54, 1.807) is 26.0 Å². The Hall–Kier alpha value is -2.18. The summed E-state index contributed by atoms with van der Waals surface area (Å²) in [5, 5.41) is 0. The molecule has 0 saturated carbocycles. The molecule has 172 valence electrons. The smallest absolute Gasteiger partial charge is 0.224 e. The quantitative estimate of drug-likeness (QED) is 0.617. The van der Waals surface area contributed by atoms with Gasteiger partial charge < -0.3 is 19.3 Å². The van der Waals surface area contributed by atoms with Crippen molar-refractivity contribution in [2.24, 2.45) is 5.92 Å². The lowest BCUT2D eigenvalue weighted by atomic mass is 9.90. The van der Waals surface area contributed by atoms with E-state index in [4.69, 9.17) is 9.47 Å². The van der Waals surface area contributed by atoms with E-state index in [1.807, 2.05) is 17.0 Å². The number of hydrogen-bond acceptors (Lipinski definition) is 5. The fraction of sp³-hybridized carbons (Fsp3) is 0.500. The molecule has 0 spiro atoms. The number of nitrogens with zero attached hydrogens (tertiary/aromatic N) is 2. The lowest BCUT2D eigenvalue weighted by Crippen LogP contribution is -2.38. The summed E-state index contributed by atoms with van der Waals surface area (Å²) in [6.07, 6.45) is 4.21. The van der Waals surface area contributed by atoms with E-state index in [-0.39, 0.29) is 5.91 Å². The van der Waals surface area contributed by atoms with Gasteiger partial charge in [0.1, 0.15) is 0 Å². The number of benzene rings is 2. The zero-order chi connectivity index (χ0) is 22.3. The monoisotopic (exact) mass is 454 g/mol. The standard InChI is InChI=1S/C26H34N2O3S/c1-30-23-17-22-19-28(14-15-32-25(22)18-24(23)31-2)26(29)10-13-27-11-8-21(9-12-27)16-20-6-4-3-5-7-20/h3-7,17-18,21H,8-16,19H2,1-2H3. The lowest BCUT2D eigenvalue weighted by Gasteiger charge is -2.32. The van der Waals surface area contributed by atoms with E-state index in [9.17, 15) is 4.79 Å². The first-order valence-electron chi connectivity index (χ1n) is 11.6. The third kappa shape index (κ3) is 5.78. The van der Waals surface area contributed by atoms with Crippen molar-refractivity contribution < 1.29 is 14.3 Å². The number of amides is 1. The van der Waals surface area contributed by atoms with Crippen LogP contribution in [0.15, 0.2) is 47.4 Å². The minimum atomic E-state index is 0.250. The molecular formula is C26H34N2O3S. The fourth-order valence-corrected chi connectivity index (χ4v) is 5.73. The summed E-state index contributed by atoms with van der Waals surface area (Å²) >= 11 is 1.79. The van der Waals surface area contributed by atoms with Crippen LogP contribution in [0.4, 0.5) is 0 Å². The number of ether oxygens (including phenoxy) is 2. The van der Waals surface area contributed by atoms with Crippen molar-refractivity contribution in [3.8, 4) is 11.5 Å². The van der Waals surface area contributed by atoms with E-state index < -0.39 is 0 Å². The molecular weight excluding hydrogens is 420 g/mol. The summed E-state index contributed by atoms with van der Waals surface area (Å²) in [5.74, 6) is 3.38. The van der Waals surface area contributed by atoms with E-state index in [2.05, 4.69) is 35.2 Å². The van der Waals surface area contributed by atoms with Gasteiger partial charge in [0.15, 0.2) is 11.5 Å². The second-order valence-corrected chi connectivity index (χ2v) is 9.84. The maximum absolute atomic E-state index is 13.0. The minimum Gasteiger partial charge on any atom is -0.493 e. The minimum absolute atomic E-state index is 0.250. The fourth-order valence-electron chi connectivity index (χ4n) is 4.70. The van der Waals surface area contributed by atoms with Gasteiger partial charge in [0.05, 0.1) is 14.2 Å². The Bertz CT molecular complexity index is 897. The molecule has 1 saturated heterocycles. The zero-order valence-corrected chi connectivity index (χ0v) is 20.0. The van der Waals surface area contributed by atoms with Gasteiger partial charge >= 0.3 is 0 Å². The average Bonchev–Trinajstić information content (AvgIpc) is 3.05. The first kappa shape index (κ1) is 23.0. The highest BCUT2D eigenvalue weighted by atomic mass is 32.2. The number of carbonyl (C=O) groups is 1. The van der Waals surface area contributed by atoms with Gasteiger partial charge in [-0.05, 0) is 61.5 Å². The molecule has 2 aliphatic rings. The van der Waals surface area contributed by atoms with Gasteiger partial charge in [-0.15, -0.1) is 11.8 Å². The number of rotatable bonds is 7. The Labute approximate surface area is 196 Å². The maximum atomic E-state index is 13.0. The first-order valence-corrected chi connectivity index (χ1v) is 12.6. The average molecular weight is 455 g/mol. The Balaban J connectivity index is 1.26. The van der Waals surface area contributed by atoms with Gasteiger partial charge in [-0.1, -0.05) is 30.3 Å². The summed E-state index contributed by atoms with van der Waals surface area (Å²) in [5.41, 5.74) is 2.58. The van der Waals surface area contributed by atoms with Gasteiger partial charge in [-0.25, -0.2) is 0 Å². The van der Waals surface area contributed by atoms with Crippen molar-refractivity contribution in [1.29, 1.82) is 0 Å². The van der Waals surface area contributed by atoms with Crippen LogP contribution in [0.3, 0.4) is 0 Å². The highest BCUT2D eigenvalue weighted by molar-refractivity contribution is 7.99. The summed E-state index contributed by atoms with van der Waals surface area (Å²) in [7, 11) is 3.31. The normalized spacial score (nSPS) is 17.5. The van der Waals surface area contributed by atoms with Crippen LogP contribution in [-0.2, 0) is 17.8 Å². The van der Waals surface area contributed by atoms with E-state index in [1.165, 1.54) is 29.7 Å². The molecule has 1 amide bonds. The molecule has 2 aromatic carbocycles. The molecule has 0 aliphatic carbocycles. The summed E-state index contributed by atoms with van der Waals surface area (Å²) in [6, 6.07) is 14.8. The third-order valence-corrected chi connectivity index (χ3v) is 7.69. The molecule has 4 rings (SSSR count). The predicted molar refractivity (Wildman–Crippen MR) is 130 cm³/mol. The molecule has 0 unspecified atom stereocenters. The molecule has 32 heavy (non-hydrogen) atoms. The second kappa shape index (κ2) is 11.1. The SMILES string of the molecule is COc1cc2c(cc1OC)SCCN(C(=O)CCN1CCC(Cc3ccccc3)CC1)C2. The first-order chi connectivity index (χ1) is 15.7. The Morgan fingerprint density at radius 3 is 2.47 bits per heavy atom. The van der Waals surface area contributed by atoms with Crippen molar-refractivity contribution in [1.82, 2.24) is 9.80 Å². The zero-order valence-electron chi connectivity index (χ0n) is 19.2. The molecule has 2 heterocycles. The van der Waals surface area contributed by atoms with Crippen LogP contribution in [0.2, 0.25) is 0 Å². The largest absolute Gasteiger partial charge is 0.493 e. The topological polar surface area (TPSA) is 42.0 Å². The molecule has 5 nitrogen and oxygen atoms in total. The van der Waals surface area contributed by atoms with Crippen molar-refractivity contribution in [3.05, 3.63) is 53.6 Å². The molecule has 0 radical (unpaired) electrons. The van der Waals surface area contributed by atoms with E-state index >= 15 is 0 Å². The van der Waals surface area contributed by atoms with Crippen LogP contribution in [0.5, 0.6) is 11.5 Å². The van der Waals surface area contributed by atoms with Crippen molar-refractivity contribution in [2.45, 2.75) is 37.1 Å². The van der Waals surface area contributed by atoms with E-state index in [0.29, 0.717) is 13.0 Å². The van der Waals surface area contributed by atoms with Crippen molar-refractivity contribution >= 4 is 17.7 Å². The van der Waals surface area contributed by atoms with Gasteiger partial charge in [0, 0.05) is 36.7 Å². The number of carbonyl (C=O) groups excluding carboxylic acids is 1. The Morgan fingerprint density at radius 1 is 1.03 bits per heavy atom. The van der Waals surface area contributed by atoms with Crippen molar-refractivity contribution in [3.63, 3.8) is 0 Å². The third-order valence-electron chi connectivity index (χ3n) is 6.62. The lowest BCUT2D eigenvalue weighted by molar-refractivity contribution is -0.132. The second-order valence-electron chi connectivity index (χ2n) is 8.70. The highest BCUT2D eigenvalue weighted by Gasteiger charge is 2.24. The molecule has 0 N–H and O–H groups in total.